The van der Waals surface area contributed by atoms with Crippen molar-refractivity contribution in [2.75, 3.05) is 11.9 Å². The average Bonchev–Trinajstić information content (AvgIpc) is 2.43. The number of nitrogens with zero attached hydrogens (tertiary/aromatic N) is 1. The van der Waals surface area contributed by atoms with Crippen LogP contribution in [0.4, 0.5) is 5.69 Å². The first-order valence-corrected chi connectivity index (χ1v) is 7.35. The van der Waals surface area contributed by atoms with Crippen molar-refractivity contribution in [3.05, 3.63) is 28.7 Å². The van der Waals surface area contributed by atoms with Crippen molar-refractivity contribution in [1.29, 1.82) is 0 Å². The van der Waals surface area contributed by atoms with Gasteiger partial charge in [-0.15, -0.1) is 0 Å². The molecular weight excluding hydrogens is 254 g/mol. The van der Waals surface area contributed by atoms with E-state index in [4.69, 9.17) is 0 Å². The van der Waals surface area contributed by atoms with E-state index in [0.29, 0.717) is 18.3 Å². The zero-order valence-electron chi connectivity index (χ0n) is 12.2. The Bertz CT molecular complexity index is 524. The molecule has 1 fully saturated rings. The van der Waals surface area contributed by atoms with Gasteiger partial charge in [-0.3, -0.25) is 9.59 Å². The number of carbonyl (C=O) groups is 1. The van der Waals surface area contributed by atoms with E-state index in [1.807, 2.05) is 6.92 Å². The number of carbonyl (C=O) groups excluding carboxylic acids is 1. The van der Waals surface area contributed by atoms with Gasteiger partial charge in [0.05, 0.1) is 5.69 Å². The molecule has 110 valence electrons. The molecule has 0 bridgehead atoms. The molecule has 0 spiro atoms. The molecule has 1 saturated heterocycles. The maximum absolute atomic E-state index is 12.2. The second kappa shape index (κ2) is 6.70. The summed E-state index contributed by atoms with van der Waals surface area (Å²) in [5.74, 6) is 0.109. The normalized spacial score (nSPS) is 22.5. The number of amides is 1. The molecule has 0 saturated carbocycles. The third-order valence-electron chi connectivity index (χ3n) is 3.71. The van der Waals surface area contributed by atoms with E-state index < -0.39 is 0 Å². The van der Waals surface area contributed by atoms with Gasteiger partial charge in [-0.25, -0.2) is 0 Å². The topological polar surface area (TPSA) is 63.1 Å². The third-order valence-corrected chi connectivity index (χ3v) is 3.71. The molecule has 2 heterocycles. The number of nitrogens with one attached hydrogen (secondary N) is 2. The Labute approximate surface area is 119 Å². The molecule has 1 aliphatic heterocycles. The van der Waals surface area contributed by atoms with Crippen LogP contribution in [0.15, 0.2) is 23.1 Å². The standard InChI is InChI=1S/C15H23N3O2/c1-3-8-18-10-13(4-5-14(18)19)17-15(20)12-6-7-16-11(2)9-12/h4-5,10-12,16H,3,6-9H2,1-2H3,(H,17,20). The lowest BCUT2D eigenvalue weighted by atomic mass is 9.92. The first-order chi connectivity index (χ1) is 9.60. The number of piperidine rings is 1. The van der Waals surface area contributed by atoms with Gasteiger partial charge in [-0.2, -0.15) is 0 Å². The number of rotatable bonds is 4. The largest absolute Gasteiger partial charge is 0.325 e. The monoisotopic (exact) mass is 277 g/mol. The molecule has 1 aromatic heterocycles. The maximum atomic E-state index is 12.2. The fraction of sp³-hybridized carbons (Fsp3) is 0.600. The van der Waals surface area contributed by atoms with Crippen LogP contribution in [0.1, 0.15) is 33.1 Å². The van der Waals surface area contributed by atoms with Crippen LogP contribution in [0.25, 0.3) is 0 Å². The summed E-state index contributed by atoms with van der Waals surface area (Å²) in [6.07, 6.45) is 4.35. The van der Waals surface area contributed by atoms with Crippen molar-refractivity contribution in [2.45, 2.75) is 45.7 Å². The second-order valence-corrected chi connectivity index (χ2v) is 5.52. The van der Waals surface area contributed by atoms with Gasteiger partial charge in [0.2, 0.25) is 5.91 Å². The van der Waals surface area contributed by atoms with Crippen molar-refractivity contribution in [2.24, 2.45) is 5.92 Å². The highest BCUT2D eigenvalue weighted by atomic mass is 16.2. The average molecular weight is 277 g/mol. The summed E-state index contributed by atoms with van der Waals surface area (Å²) in [6, 6.07) is 3.57. The minimum absolute atomic E-state index is 0.0275. The summed E-state index contributed by atoms with van der Waals surface area (Å²) in [5, 5.41) is 6.27. The number of pyridine rings is 1. The predicted octanol–water partition coefficient (Wildman–Crippen LogP) is 1.58. The Morgan fingerprint density at radius 3 is 3.00 bits per heavy atom. The third kappa shape index (κ3) is 3.70. The molecule has 2 unspecified atom stereocenters. The van der Waals surface area contributed by atoms with Crippen LogP contribution in [0.5, 0.6) is 0 Å². The molecule has 0 radical (unpaired) electrons. The molecule has 0 aromatic carbocycles. The van der Waals surface area contributed by atoms with Gasteiger partial charge in [0.15, 0.2) is 0 Å². The van der Waals surface area contributed by atoms with Crippen LogP contribution >= 0.6 is 0 Å². The lowest BCUT2D eigenvalue weighted by molar-refractivity contribution is -0.120. The van der Waals surface area contributed by atoms with Gasteiger partial charge in [0.25, 0.3) is 5.56 Å². The maximum Gasteiger partial charge on any atom is 0.250 e. The highest BCUT2D eigenvalue weighted by Gasteiger charge is 2.24. The van der Waals surface area contributed by atoms with Gasteiger partial charge in [-0.05, 0) is 38.8 Å². The van der Waals surface area contributed by atoms with Crippen molar-refractivity contribution in [3.63, 3.8) is 0 Å². The summed E-state index contributed by atoms with van der Waals surface area (Å²) in [4.78, 5) is 23.9. The van der Waals surface area contributed by atoms with Crippen LogP contribution < -0.4 is 16.2 Å². The molecule has 1 amide bonds. The van der Waals surface area contributed by atoms with E-state index in [1.54, 1.807) is 16.8 Å². The van der Waals surface area contributed by atoms with Gasteiger partial charge in [0.1, 0.15) is 0 Å². The minimum atomic E-state index is -0.0275. The van der Waals surface area contributed by atoms with E-state index in [2.05, 4.69) is 17.6 Å². The zero-order chi connectivity index (χ0) is 14.5. The van der Waals surface area contributed by atoms with Gasteiger partial charge in [0, 0.05) is 30.8 Å². The lowest BCUT2D eigenvalue weighted by Crippen LogP contribution is -2.40. The minimum Gasteiger partial charge on any atom is -0.325 e. The highest BCUT2D eigenvalue weighted by molar-refractivity contribution is 5.92. The molecule has 5 nitrogen and oxygen atoms in total. The summed E-state index contributed by atoms with van der Waals surface area (Å²) in [6.45, 7) is 5.68. The summed E-state index contributed by atoms with van der Waals surface area (Å²) in [7, 11) is 0. The fourth-order valence-corrected chi connectivity index (χ4v) is 2.64. The number of aryl methyl sites for hydroxylation is 1. The van der Waals surface area contributed by atoms with Crippen molar-refractivity contribution in [1.82, 2.24) is 9.88 Å². The predicted molar refractivity (Wildman–Crippen MR) is 79.8 cm³/mol. The summed E-state index contributed by atoms with van der Waals surface area (Å²) >= 11 is 0. The molecule has 2 atom stereocenters. The number of hydrogen-bond donors (Lipinski definition) is 2. The van der Waals surface area contributed by atoms with E-state index in [9.17, 15) is 9.59 Å². The van der Waals surface area contributed by atoms with E-state index in [-0.39, 0.29) is 17.4 Å². The van der Waals surface area contributed by atoms with Gasteiger partial charge >= 0.3 is 0 Å². The highest BCUT2D eigenvalue weighted by Crippen LogP contribution is 2.18. The first kappa shape index (κ1) is 14.8. The Morgan fingerprint density at radius 1 is 1.50 bits per heavy atom. The Morgan fingerprint density at radius 2 is 2.30 bits per heavy atom. The smallest absolute Gasteiger partial charge is 0.250 e. The Balaban J connectivity index is 2.03. The van der Waals surface area contributed by atoms with Crippen LogP contribution in [0, 0.1) is 5.92 Å². The van der Waals surface area contributed by atoms with Crippen molar-refractivity contribution >= 4 is 11.6 Å². The number of aromatic nitrogens is 1. The lowest BCUT2D eigenvalue weighted by Gasteiger charge is -2.27. The second-order valence-electron chi connectivity index (χ2n) is 5.52. The molecule has 1 aromatic rings. The Hall–Kier alpha value is -1.62. The van der Waals surface area contributed by atoms with E-state index in [0.717, 1.165) is 25.8 Å². The van der Waals surface area contributed by atoms with Crippen LogP contribution in [-0.2, 0) is 11.3 Å². The number of hydrogen-bond acceptors (Lipinski definition) is 3. The first-order valence-electron chi connectivity index (χ1n) is 7.35. The molecule has 2 rings (SSSR count). The van der Waals surface area contributed by atoms with Crippen LogP contribution in [0.2, 0.25) is 0 Å². The molecule has 5 heteroatoms. The molecule has 0 aliphatic carbocycles. The molecule has 20 heavy (non-hydrogen) atoms. The quantitative estimate of drug-likeness (QED) is 0.878. The SMILES string of the molecule is CCCn1cc(NC(=O)C2CCNC(C)C2)ccc1=O. The van der Waals surface area contributed by atoms with Crippen molar-refractivity contribution < 1.29 is 4.79 Å². The molecular formula is C15H23N3O2. The van der Waals surface area contributed by atoms with Crippen molar-refractivity contribution in [3.8, 4) is 0 Å². The van der Waals surface area contributed by atoms with Crippen LogP contribution in [-0.4, -0.2) is 23.1 Å². The zero-order valence-corrected chi connectivity index (χ0v) is 12.2. The molecule has 2 N–H and O–H groups in total. The number of anilines is 1. The fourth-order valence-electron chi connectivity index (χ4n) is 2.64. The van der Waals surface area contributed by atoms with Crippen LogP contribution in [0.3, 0.4) is 0 Å². The Kier molecular flexibility index (Phi) is 4.95. The van der Waals surface area contributed by atoms with Gasteiger partial charge in [-0.1, -0.05) is 6.92 Å². The van der Waals surface area contributed by atoms with E-state index >= 15 is 0 Å². The van der Waals surface area contributed by atoms with E-state index in [1.165, 1.54) is 6.07 Å². The summed E-state index contributed by atoms with van der Waals surface area (Å²) < 4.78 is 1.64. The summed E-state index contributed by atoms with van der Waals surface area (Å²) in [5.41, 5.74) is 0.676. The molecule has 1 aliphatic rings. The van der Waals surface area contributed by atoms with Gasteiger partial charge < -0.3 is 15.2 Å².